The summed E-state index contributed by atoms with van der Waals surface area (Å²) in [5.41, 5.74) is 3.22. The standard InChI is InChI=1S/C30H34ClN7O2/c1-6-28(39)33-18-22-16-26(27(40-5)17-25(22)32-13-14-38(2,3)4)36-30-34-19-24(31)29(37-30)35-23-12-11-20-9-7-8-10-21(20)15-23/h6-12,15-17,19,32H,1,13-14,18H2,2-5H3,(H2-,33,34,35,36,37,39)/p+1. The Labute approximate surface area is 239 Å². The summed E-state index contributed by atoms with van der Waals surface area (Å²) < 4.78 is 6.51. The van der Waals surface area contributed by atoms with Crippen molar-refractivity contribution < 1.29 is 14.0 Å². The van der Waals surface area contributed by atoms with Crippen LogP contribution in [0, 0.1) is 0 Å². The molecule has 1 heterocycles. The fourth-order valence-corrected chi connectivity index (χ4v) is 4.16. The highest BCUT2D eigenvalue weighted by molar-refractivity contribution is 6.32. The number of methoxy groups -OCH3 is 1. The van der Waals surface area contributed by atoms with Gasteiger partial charge >= 0.3 is 0 Å². The molecule has 0 saturated carbocycles. The van der Waals surface area contributed by atoms with Gasteiger partial charge in [-0.1, -0.05) is 48.5 Å². The van der Waals surface area contributed by atoms with Gasteiger partial charge in [0.15, 0.2) is 5.82 Å². The maximum atomic E-state index is 11.9. The molecule has 0 aliphatic heterocycles. The van der Waals surface area contributed by atoms with Crippen molar-refractivity contribution in [2.24, 2.45) is 0 Å². The van der Waals surface area contributed by atoms with Crippen molar-refractivity contribution in [3.05, 3.63) is 84.0 Å². The van der Waals surface area contributed by atoms with E-state index in [0.717, 1.165) is 45.3 Å². The van der Waals surface area contributed by atoms with Gasteiger partial charge in [-0.25, -0.2) is 4.98 Å². The molecule has 10 heteroatoms. The third kappa shape index (κ3) is 7.62. The van der Waals surface area contributed by atoms with Crippen LogP contribution in [0.5, 0.6) is 5.75 Å². The number of nitrogens with zero attached hydrogens (tertiary/aromatic N) is 3. The molecule has 9 nitrogen and oxygen atoms in total. The molecule has 40 heavy (non-hydrogen) atoms. The van der Waals surface area contributed by atoms with Crippen LogP contribution in [-0.2, 0) is 11.3 Å². The van der Waals surface area contributed by atoms with Crippen LogP contribution in [0.3, 0.4) is 0 Å². The van der Waals surface area contributed by atoms with Crippen LogP contribution in [0.15, 0.2) is 73.4 Å². The van der Waals surface area contributed by atoms with E-state index in [1.807, 2.05) is 42.5 Å². The summed E-state index contributed by atoms with van der Waals surface area (Å²) in [7, 11) is 8.01. The van der Waals surface area contributed by atoms with Gasteiger partial charge in [-0.05, 0) is 40.6 Å². The van der Waals surface area contributed by atoms with Crippen LogP contribution in [0.25, 0.3) is 10.8 Å². The Kier molecular flexibility index (Phi) is 9.08. The number of carbonyl (C=O) groups excluding carboxylic acids is 1. The highest BCUT2D eigenvalue weighted by atomic mass is 35.5. The summed E-state index contributed by atoms with van der Waals surface area (Å²) in [5, 5.41) is 15.5. The van der Waals surface area contributed by atoms with Gasteiger partial charge in [0.2, 0.25) is 11.9 Å². The van der Waals surface area contributed by atoms with E-state index < -0.39 is 0 Å². The van der Waals surface area contributed by atoms with Gasteiger partial charge in [-0.2, -0.15) is 4.98 Å². The summed E-state index contributed by atoms with van der Waals surface area (Å²) in [4.78, 5) is 20.9. The highest BCUT2D eigenvalue weighted by Crippen LogP contribution is 2.34. The Morgan fingerprint density at radius 1 is 1.05 bits per heavy atom. The minimum atomic E-state index is -0.256. The maximum absolute atomic E-state index is 11.9. The number of halogens is 1. The molecule has 4 rings (SSSR count). The van der Waals surface area contributed by atoms with Crippen molar-refractivity contribution in [2.75, 3.05) is 57.3 Å². The summed E-state index contributed by atoms with van der Waals surface area (Å²) >= 11 is 6.44. The third-order valence-electron chi connectivity index (χ3n) is 6.16. The number of aromatic nitrogens is 2. The number of benzene rings is 3. The smallest absolute Gasteiger partial charge is 0.243 e. The van der Waals surface area contributed by atoms with Crippen molar-refractivity contribution in [3.8, 4) is 5.75 Å². The molecule has 1 aromatic heterocycles. The molecule has 0 atom stereocenters. The van der Waals surface area contributed by atoms with Gasteiger partial charge in [-0.3, -0.25) is 4.79 Å². The van der Waals surface area contributed by atoms with E-state index in [1.54, 1.807) is 13.3 Å². The number of hydrogen-bond donors (Lipinski definition) is 4. The van der Waals surface area contributed by atoms with Crippen molar-refractivity contribution >= 4 is 57.1 Å². The molecule has 0 aliphatic carbocycles. The topological polar surface area (TPSA) is 100 Å². The largest absolute Gasteiger partial charge is 0.494 e. The van der Waals surface area contributed by atoms with Crippen molar-refractivity contribution in [1.29, 1.82) is 0 Å². The fraction of sp³-hybridized carbons (Fsp3) is 0.233. The summed E-state index contributed by atoms with van der Waals surface area (Å²) in [6.07, 6.45) is 2.79. The van der Waals surface area contributed by atoms with E-state index in [-0.39, 0.29) is 5.91 Å². The molecule has 0 radical (unpaired) electrons. The molecule has 0 spiro atoms. The third-order valence-corrected chi connectivity index (χ3v) is 6.44. The molecule has 4 N–H and O–H groups in total. The predicted octanol–water partition coefficient (Wildman–Crippen LogP) is 5.70. The zero-order chi connectivity index (χ0) is 28.7. The molecule has 0 fully saturated rings. The number of rotatable bonds is 12. The number of carbonyl (C=O) groups is 1. The van der Waals surface area contributed by atoms with Crippen LogP contribution in [0.1, 0.15) is 5.56 Å². The van der Waals surface area contributed by atoms with E-state index in [1.165, 1.54) is 6.08 Å². The molecular weight excluding hydrogens is 526 g/mol. The van der Waals surface area contributed by atoms with Crippen LogP contribution in [0.4, 0.5) is 28.8 Å². The Balaban J connectivity index is 1.60. The number of quaternary nitrogens is 1. The van der Waals surface area contributed by atoms with E-state index >= 15 is 0 Å². The Hall–Kier alpha value is -4.34. The minimum absolute atomic E-state index is 0.256. The van der Waals surface area contributed by atoms with Gasteiger partial charge in [0, 0.05) is 24.0 Å². The molecule has 0 saturated heterocycles. The normalized spacial score (nSPS) is 11.1. The van der Waals surface area contributed by atoms with Crippen molar-refractivity contribution in [2.45, 2.75) is 6.54 Å². The number of anilines is 5. The average Bonchev–Trinajstić information content (AvgIpc) is 2.93. The second kappa shape index (κ2) is 12.7. The Bertz CT molecular complexity index is 1520. The first-order valence-corrected chi connectivity index (χ1v) is 13.2. The van der Waals surface area contributed by atoms with Gasteiger partial charge in [0.05, 0.1) is 53.2 Å². The summed E-state index contributed by atoms with van der Waals surface area (Å²) in [6, 6.07) is 18.0. The van der Waals surface area contributed by atoms with E-state index in [0.29, 0.717) is 34.8 Å². The monoisotopic (exact) mass is 560 g/mol. The molecule has 0 unspecified atom stereocenters. The highest BCUT2D eigenvalue weighted by Gasteiger charge is 2.15. The van der Waals surface area contributed by atoms with Crippen LogP contribution < -0.4 is 26.0 Å². The first-order chi connectivity index (χ1) is 19.1. The van der Waals surface area contributed by atoms with Crippen LogP contribution in [-0.4, -0.2) is 61.7 Å². The molecule has 0 bridgehead atoms. The Morgan fingerprint density at radius 2 is 1.82 bits per heavy atom. The van der Waals surface area contributed by atoms with Crippen molar-refractivity contribution in [1.82, 2.24) is 15.3 Å². The van der Waals surface area contributed by atoms with Crippen molar-refractivity contribution in [3.63, 3.8) is 0 Å². The predicted molar refractivity (Wildman–Crippen MR) is 164 cm³/mol. The quantitative estimate of drug-likeness (QED) is 0.130. The average molecular weight is 561 g/mol. The summed E-state index contributed by atoms with van der Waals surface area (Å²) in [6.45, 7) is 5.49. The number of ether oxygens (including phenoxy) is 1. The van der Waals surface area contributed by atoms with Gasteiger partial charge in [0.1, 0.15) is 10.8 Å². The number of nitrogens with one attached hydrogen (secondary N) is 4. The van der Waals surface area contributed by atoms with Gasteiger partial charge < -0.3 is 30.5 Å². The molecule has 1 amide bonds. The molecule has 4 aromatic rings. The first kappa shape index (κ1) is 28.7. The molecule has 3 aromatic carbocycles. The van der Waals surface area contributed by atoms with Gasteiger partial charge in [-0.15, -0.1) is 0 Å². The molecular formula is C30H35ClN7O2+. The van der Waals surface area contributed by atoms with Gasteiger partial charge in [0.25, 0.3) is 0 Å². The van der Waals surface area contributed by atoms with E-state index in [4.69, 9.17) is 16.3 Å². The second-order valence-electron chi connectivity index (χ2n) is 10.3. The second-order valence-corrected chi connectivity index (χ2v) is 10.7. The first-order valence-electron chi connectivity index (χ1n) is 12.9. The van der Waals surface area contributed by atoms with E-state index in [2.05, 4.69) is 71.1 Å². The van der Waals surface area contributed by atoms with Crippen LogP contribution >= 0.6 is 11.6 Å². The number of fused-ring (bicyclic) bond motifs is 1. The number of likely N-dealkylation sites (N-methyl/N-ethyl adjacent to an activating group) is 1. The van der Waals surface area contributed by atoms with Crippen LogP contribution in [0.2, 0.25) is 5.02 Å². The lowest BCUT2D eigenvalue weighted by molar-refractivity contribution is -0.868. The fourth-order valence-electron chi connectivity index (χ4n) is 4.02. The lowest BCUT2D eigenvalue weighted by Gasteiger charge is -2.25. The maximum Gasteiger partial charge on any atom is 0.243 e. The number of hydrogen-bond acceptors (Lipinski definition) is 7. The van der Waals surface area contributed by atoms with E-state index in [9.17, 15) is 4.79 Å². The SMILES string of the molecule is C=CC(=O)NCc1cc(Nc2ncc(Cl)c(Nc3ccc4ccccc4c3)n2)c(OC)cc1NCC[N+](C)(C)C. The lowest BCUT2D eigenvalue weighted by Crippen LogP contribution is -2.38. The minimum Gasteiger partial charge on any atom is -0.494 e. The number of amides is 1. The lowest BCUT2D eigenvalue weighted by atomic mass is 10.1. The Morgan fingerprint density at radius 3 is 2.55 bits per heavy atom. The molecule has 208 valence electrons. The summed E-state index contributed by atoms with van der Waals surface area (Å²) in [5.74, 6) is 1.13. The zero-order valence-corrected chi connectivity index (χ0v) is 24.0. The zero-order valence-electron chi connectivity index (χ0n) is 23.2. The molecule has 0 aliphatic rings.